The van der Waals surface area contributed by atoms with Gasteiger partial charge in [0, 0.05) is 36.9 Å². The first kappa shape index (κ1) is 13.8. The summed E-state index contributed by atoms with van der Waals surface area (Å²) in [5.74, 6) is 0.824. The van der Waals surface area contributed by atoms with Gasteiger partial charge in [-0.25, -0.2) is 4.98 Å². The molecule has 2 aromatic rings. The molecule has 0 amide bonds. The van der Waals surface area contributed by atoms with Crippen molar-refractivity contribution in [1.29, 1.82) is 0 Å². The summed E-state index contributed by atoms with van der Waals surface area (Å²) in [6, 6.07) is 8.67. The SMILES string of the molecule is CCN(CC)c1ccc(CNc2nc(C)ns2)cc1. The smallest absolute Gasteiger partial charge is 0.202 e. The normalized spacial score (nSPS) is 10.5. The molecule has 0 saturated heterocycles. The fourth-order valence-electron chi connectivity index (χ4n) is 1.96. The molecule has 4 nitrogen and oxygen atoms in total. The molecule has 0 radical (unpaired) electrons. The molecule has 1 aromatic heterocycles. The molecular weight excluding hydrogens is 256 g/mol. The van der Waals surface area contributed by atoms with Gasteiger partial charge in [-0.15, -0.1) is 0 Å². The Morgan fingerprint density at radius 3 is 2.37 bits per heavy atom. The Balaban J connectivity index is 1.95. The second kappa shape index (κ2) is 6.52. The average Bonchev–Trinajstić information content (AvgIpc) is 2.85. The van der Waals surface area contributed by atoms with Crippen molar-refractivity contribution in [3.63, 3.8) is 0 Å². The summed E-state index contributed by atoms with van der Waals surface area (Å²) in [6.07, 6.45) is 0. The number of aromatic nitrogens is 2. The Morgan fingerprint density at radius 1 is 1.16 bits per heavy atom. The van der Waals surface area contributed by atoms with Crippen LogP contribution in [0.1, 0.15) is 25.2 Å². The lowest BCUT2D eigenvalue weighted by atomic mass is 10.2. The van der Waals surface area contributed by atoms with Crippen molar-refractivity contribution in [2.75, 3.05) is 23.3 Å². The third-order valence-electron chi connectivity index (χ3n) is 3.04. The van der Waals surface area contributed by atoms with E-state index in [1.807, 2.05) is 6.92 Å². The molecule has 5 heteroatoms. The summed E-state index contributed by atoms with van der Waals surface area (Å²) >= 11 is 1.40. The van der Waals surface area contributed by atoms with Gasteiger partial charge in [0.2, 0.25) is 5.13 Å². The van der Waals surface area contributed by atoms with E-state index in [4.69, 9.17) is 0 Å². The van der Waals surface area contributed by atoms with Gasteiger partial charge in [-0.1, -0.05) is 12.1 Å². The zero-order chi connectivity index (χ0) is 13.7. The predicted molar refractivity (Wildman–Crippen MR) is 82.0 cm³/mol. The zero-order valence-corrected chi connectivity index (χ0v) is 12.5. The third-order valence-corrected chi connectivity index (χ3v) is 3.80. The molecule has 0 aliphatic carbocycles. The van der Waals surface area contributed by atoms with Gasteiger partial charge in [0.1, 0.15) is 5.82 Å². The first-order valence-electron chi connectivity index (χ1n) is 6.61. The minimum absolute atomic E-state index is 0.785. The monoisotopic (exact) mass is 276 g/mol. The second-order valence-corrected chi connectivity index (χ2v) is 5.09. The van der Waals surface area contributed by atoms with Crippen LogP contribution in [0.4, 0.5) is 10.8 Å². The van der Waals surface area contributed by atoms with E-state index in [9.17, 15) is 0 Å². The maximum atomic E-state index is 4.29. The number of benzene rings is 1. The van der Waals surface area contributed by atoms with Gasteiger partial charge in [-0.3, -0.25) is 0 Å². The minimum Gasteiger partial charge on any atom is -0.372 e. The van der Waals surface area contributed by atoms with Crippen LogP contribution >= 0.6 is 11.5 Å². The van der Waals surface area contributed by atoms with E-state index >= 15 is 0 Å². The van der Waals surface area contributed by atoms with Crippen molar-refractivity contribution >= 4 is 22.4 Å². The van der Waals surface area contributed by atoms with E-state index in [1.165, 1.54) is 22.8 Å². The molecule has 19 heavy (non-hydrogen) atoms. The van der Waals surface area contributed by atoms with E-state index in [0.717, 1.165) is 30.6 Å². The average molecular weight is 276 g/mol. The molecule has 1 aromatic carbocycles. The number of hydrogen-bond acceptors (Lipinski definition) is 5. The Labute approximate surface area is 118 Å². The van der Waals surface area contributed by atoms with Gasteiger partial charge in [0.25, 0.3) is 0 Å². The summed E-state index contributed by atoms with van der Waals surface area (Å²) < 4.78 is 4.15. The largest absolute Gasteiger partial charge is 0.372 e. The lowest BCUT2D eigenvalue weighted by Crippen LogP contribution is -2.21. The van der Waals surface area contributed by atoms with Crippen LogP contribution in [0.5, 0.6) is 0 Å². The molecule has 0 spiro atoms. The number of anilines is 2. The maximum Gasteiger partial charge on any atom is 0.202 e. The Bertz CT molecular complexity index is 502. The molecule has 0 unspecified atom stereocenters. The standard InChI is InChI=1S/C14H20N4S/c1-4-18(5-2)13-8-6-12(7-9-13)10-15-14-16-11(3)17-19-14/h6-9H,4-5,10H2,1-3H3,(H,15,16,17). The molecular formula is C14H20N4S. The van der Waals surface area contributed by atoms with Crippen LogP contribution in [0.3, 0.4) is 0 Å². The number of nitrogens with zero attached hydrogens (tertiary/aromatic N) is 3. The lowest BCUT2D eigenvalue weighted by molar-refractivity contribution is 0.865. The van der Waals surface area contributed by atoms with Crippen molar-refractivity contribution < 1.29 is 0 Å². The zero-order valence-electron chi connectivity index (χ0n) is 11.7. The first-order valence-corrected chi connectivity index (χ1v) is 7.38. The van der Waals surface area contributed by atoms with Crippen molar-refractivity contribution in [2.45, 2.75) is 27.3 Å². The van der Waals surface area contributed by atoms with Crippen molar-refractivity contribution in [1.82, 2.24) is 9.36 Å². The summed E-state index contributed by atoms with van der Waals surface area (Å²) in [4.78, 5) is 6.62. The molecule has 2 rings (SSSR count). The molecule has 102 valence electrons. The van der Waals surface area contributed by atoms with E-state index in [0.29, 0.717) is 0 Å². The van der Waals surface area contributed by atoms with Crippen LogP contribution in [-0.4, -0.2) is 22.4 Å². The van der Waals surface area contributed by atoms with Crippen LogP contribution in [0.25, 0.3) is 0 Å². The summed E-state index contributed by atoms with van der Waals surface area (Å²) in [6.45, 7) is 9.12. The van der Waals surface area contributed by atoms with E-state index in [1.54, 1.807) is 0 Å². The molecule has 0 aliphatic rings. The highest BCUT2D eigenvalue weighted by molar-refractivity contribution is 7.09. The highest BCUT2D eigenvalue weighted by Gasteiger charge is 2.02. The van der Waals surface area contributed by atoms with Gasteiger partial charge in [-0.2, -0.15) is 4.37 Å². The van der Waals surface area contributed by atoms with Crippen LogP contribution in [0.15, 0.2) is 24.3 Å². The number of nitrogens with one attached hydrogen (secondary N) is 1. The van der Waals surface area contributed by atoms with Crippen LogP contribution in [-0.2, 0) is 6.54 Å². The third kappa shape index (κ3) is 3.67. The topological polar surface area (TPSA) is 41.0 Å². The molecule has 0 atom stereocenters. The maximum absolute atomic E-state index is 4.29. The van der Waals surface area contributed by atoms with Crippen molar-refractivity contribution in [2.24, 2.45) is 0 Å². The number of hydrogen-bond donors (Lipinski definition) is 1. The van der Waals surface area contributed by atoms with E-state index < -0.39 is 0 Å². The highest BCUT2D eigenvalue weighted by Crippen LogP contribution is 2.16. The van der Waals surface area contributed by atoms with E-state index in [2.05, 4.69) is 57.7 Å². The second-order valence-electron chi connectivity index (χ2n) is 4.34. The van der Waals surface area contributed by atoms with Crippen LogP contribution in [0, 0.1) is 6.92 Å². The number of aryl methyl sites for hydroxylation is 1. The summed E-state index contributed by atoms with van der Waals surface area (Å²) in [5, 5.41) is 4.17. The van der Waals surface area contributed by atoms with Crippen molar-refractivity contribution in [3.05, 3.63) is 35.7 Å². The quantitative estimate of drug-likeness (QED) is 0.879. The molecule has 1 N–H and O–H groups in total. The lowest BCUT2D eigenvalue weighted by Gasteiger charge is -2.21. The van der Waals surface area contributed by atoms with E-state index in [-0.39, 0.29) is 0 Å². The van der Waals surface area contributed by atoms with Gasteiger partial charge in [0.15, 0.2) is 0 Å². The number of rotatable bonds is 6. The summed E-state index contributed by atoms with van der Waals surface area (Å²) in [5.41, 5.74) is 2.53. The van der Waals surface area contributed by atoms with Gasteiger partial charge in [-0.05, 0) is 38.5 Å². The minimum atomic E-state index is 0.785. The molecule has 0 fully saturated rings. The Hall–Kier alpha value is -1.62. The Morgan fingerprint density at radius 2 is 1.84 bits per heavy atom. The molecule has 0 bridgehead atoms. The fourth-order valence-corrected chi connectivity index (χ4v) is 2.53. The van der Waals surface area contributed by atoms with Gasteiger partial charge < -0.3 is 10.2 Å². The Kier molecular flexibility index (Phi) is 4.74. The molecule has 1 heterocycles. The summed E-state index contributed by atoms with van der Waals surface area (Å²) in [7, 11) is 0. The fraction of sp³-hybridized carbons (Fsp3) is 0.429. The van der Waals surface area contributed by atoms with Gasteiger partial charge in [0.05, 0.1) is 0 Å². The highest BCUT2D eigenvalue weighted by atomic mass is 32.1. The first-order chi connectivity index (χ1) is 9.22. The van der Waals surface area contributed by atoms with Crippen LogP contribution < -0.4 is 10.2 Å². The van der Waals surface area contributed by atoms with Crippen molar-refractivity contribution in [3.8, 4) is 0 Å². The van der Waals surface area contributed by atoms with Crippen LogP contribution in [0.2, 0.25) is 0 Å². The molecule has 0 aliphatic heterocycles. The van der Waals surface area contributed by atoms with Gasteiger partial charge >= 0.3 is 0 Å². The predicted octanol–water partition coefficient (Wildman–Crippen LogP) is 3.30. The molecule has 0 saturated carbocycles.